The van der Waals surface area contributed by atoms with E-state index < -0.39 is 0 Å². The molecule has 0 radical (unpaired) electrons. The number of H-pyrrole nitrogens is 1. The van der Waals surface area contributed by atoms with Crippen LogP contribution in [0.4, 0.5) is 0 Å². The molecule has 3 N–H and O–H groups in total. The largest absolute Gasteiger partial charge is 0.497 e. The Hall–Kier alpha value is -2.83. The van der Waals surface area contributed by atoms with E-state index in [1.807, 2.05) is 24.3 Å². The van der Waals surface area contributed by atoms with Crippen LogP contribution in [0, 0.1) is 5.92 Å². The number of piperidine rings is 1. The fourth-order valence-electron chi connectivity index (χ4n) is 2.88. The number of amides is 2. The fourth-order valence-corrected chi connectivity index (χ4v) is 2.88. The van der Waals surface area contributed by atoms with E-state index in [9.17, 15) is 9.59 Å². The Kier molecular flexibility index (Phi) is 4.50. The lowest BCUT2D eigenvalue weighted by Crippen LogP contribution is -2.41. The second-order valence-electron chi connectivity index (χ2n) is 5.86. The number of likely N-dealkylation sites (tertiary alicyclic amines) is 1. The Morgan fingerprint density at radius 3 is 2.50 bits per heavy atom. The van der Waals surface area contributed by atoms with Crippen molar-refractivity contribution >= 4 is 11.8 Å². The van der Waals surface area contributed by atoms with Gasteiger partial charge >= 0.3 is 0 Å². The first kappa shape index (κ1) is 16.0. The van der Waals surface area contributed by atoms with Gasteiger partial charge in [-0.3, -0.25) is 14.7 Å². The molecular weight excluding hydrogens is 308 g/mol. The molecule has 1 aromatic heterocycles. The molecule has 0 aliphatic carbocycles. The van der Waals surface area contributed by atoms with Crippen LogP contribution < -0.4 is 10.5 Å². The van der Waals surface area contributed by atoms with Crippen molar-refractivity contribution < 1.29 is 14.3 Å². The van der Waals surface area contributed by atoms with E-state index in [0.29, 0.717) is 37.3 Å². The van der Waals surface area contributed by atoms with Gasteiger partial charge in [0.2, 0.25) is 5.91 Å². The van der Waals surface area contributed by atoms with Crippen LogP contribution in [0.1, 0.15) is 23.3 Å². The Morgan fingerprint density at radius 2 is 1.92 bits per heavy atom. The predicted octanol–water partition coefficient (Wildman–Crippen LogP) is 1.42. The van der Waals surface area contributed by atoms with Gasteiger partial charge < -0.3 is 15.4 Å². The summed E-state index contributed by atoms with van der Waals surface area (Å²) < 4.78 is 5.13. The summed E-state index contributed by atoms with van der Waals surface area (Å²) in [6.45, 7) is 1.06. The highest BCUT2D eigenvalue weighted by Crippen LogP contribution is 2.23. The average Bonchev–Trinajstić information content (AvgIpc) is 3.11. The molecule has 2 heterocycles. The first-order valence-electron chi connectivity index (χ1n) is 7.87. The van der Waals surface area contributed by atoms with Gasteiger partial charge in [-0.25, -0.2) is 0 Å². The van der Waals surface area contributed by atoms with E-state index in [4.69, 9.17) is 10.5 Å². The summed E-state index contributed by atoms with van der Waals surface area (Å²) in [6.07, 6.45) is 1.22. The van der Waals surface area contributed by atoms with E-state index in [0.717, 1.165) is 11.3 Å². The number of carbonyl (C=O) groups excluding carboxylic acids is 2. The summed E-state index contributed by atoms with van der Waals surface area (Å²) in [5.41, 5.74) is 7.37. The fraction of sp³-hybridized carbons (Fsp3) is 0.353. The number of ether oxygens (including phenoxy) is 1. The molecular formula is C17H20N4O3. The second kappa shape index (κ2) is 6.74. The molecule has 126 valence electrons. The SMILES string of the molecule is COc1ccc(-c2cc(C(=O)N3CCC(C(N)=O)CC3)[nH]n2)cc1. The molecule has 2 amide bonds. The molecule has 0 spiro atoms. The number of nitrogens with one attached hydrogen (secondary N) is 1. The van der Waals surface area contributed by atoms with Gasteiger partial charge in [-0.2, -0.15) is 5.10 Å². The van der Waals surface area contributed by atoms with E-state index in [2.05, 4.69) is 10.2 Å². The highest BCUT2D eigenvalue weighted by Gasteiger charge is 2.27. The van der Waals surface area contributed by atoms with E-state index in [-0.39, 0.29) is 17.7 Å². The lowest BCUT2D eigenvalue weighted by atomic mass is 9.96. The lowest BCUT2D eigenvalue weighted by Gasteiger charge is -2.30. The van der Waals surface area contributed by atoms with Gasteiger partial charge in [0.25, 0.3) is 5.91 Å². The van der Waals surface area contributed by atoms with Crippen LogP contribution in [-0.4, -0.2) is 47.1 Å². The van der Waals surface area contributed by atoms with Crippen LogP contribution in [0.5, 0.6) is 5.75 Å². The molecule has 1 saturated heterocycles. The molecule has 24 heavy (non-hydrogen) atoms. The topological polar surface area (TPSA) is 101 Å². The summed E-state index contributed by atoms with van der Waals surface area (Å²) in [5.74, 6) is 0.240. The van der Waals surface area contributed by atoms with Crippen LogP contribution in [-0.2, 0) is 4.79 Å². The van der Waals surface area contributed by atoms with E-state index >= 15 is 0 Å². The molecule has 1 aliphatic rings. The van der Waals surface area contributed by atoms with Gasteiger partial charge in [0, 0.05) is 24.6 Å². The molecule has 0 atom stereocenters. The van der Waals surface area contributed by atoms with E-state index in [1.54, 1.807) is 18.1 Å². The zero-order valence-corrected chi connectivity index (χ0v) is 13.5. The maximum Gasteiger partial charge on any atom is 0.271 e. The zero-order chi connectivity index (χ0) is 17.1. The smallest absolute Gasteiger partial charge is 0.271 e. The molecule has 7 heteroatoms. The van der Waals surface area contributed by atoms with Crippen molar-refractivity contribution in [3.8, 4) is 17.0 Å². The molecule has 0 bridgehead atoms. The van der Waals surface area contributed by atoms with Crippen LogP contribution >= 0.6 is 0 Å². The number of nitrogens with zero attached hydrogens (tertiary/aromatic N) is 2. The quantitative estimate of drug-likeness (QED) is 0.886. The Morgan fingerprint density at radius 1 is 1.25 bits per heavy atom. The van der Waals surface area contributed by atoms with Crippen LogP contribution in [0.15, 0.2) is 30.3 Å². The number of carbonyl (C=O) groups is 2. The lowest BCUT2D eigenvalue weighted by molar-refractivity contribution is -0.123. The Bertz CT molecular complexity index is 731. The minimum absolute atomic E-state index is 0.106. The van der Waals surface area contributed by atoms with Crippen molar-refractivity contribution in [1.29, 1.82) is 0 Å². The van der Waals surface area contributed by atoms with Crippen LogP contribution in [0.25, 0.3) is 11.3 Å². The minimum atomic E-state index is -0.287. The van der Waals surface area contributed by atoms with Gasteiger partial charge in [0.15, 0.2) is 0 Å². The number of hydrogen-bond acceptors (Lipinski definition) is 4. The zero-order valence-electron chi connectivity index (χ0n) is 13.5. The van der Waals surface area contributed by atoms with Gasteiger partial charge in [0.05, 0.1) is 12.8 Å². The number of nitrogens with two attached hydrogens (primary N) is 1. The first-order valence-corrected chi connectivity index (χ1v) is 7.87. The van der Waals surface area contributed by atoms with Gasteiger partial charge in [0.1, 0.15) is 11.4 Å². The summed E-state index contributed by atoms with van der Waals surface area (Å²) in [7, 11) is 1.61. The third-order valence-corrected chi connectivity index (χ3v) is 4.38. The summed E-state index contributed by atoms with van der Waals surface area (Å²) in [5, 5.41) is 7.01. The molecule has 1 aliphatic heterocycles. The number of primary amides is 1. The van der Waals surface area contributed by atoms with Crippen molar-refractivity contribution in [3.05, 3.63) is 36.0 Å². The maximum atomic E-state index is 12.5. The Labute approximate surface area is 139 Å². The molecule has 0 unspecified atom stereocenters. The van der Waals surface area contributed by atoms with Crippen molar-refractivity contribution in [3.63, 3.8) is 0 Å². The summed E-state index contributed by atoms with van der Waals surface area (Å²) in [6, 6.07) is 9.22. The number of aromatic nitrogens is 2. The monoisotopic (exact) mass is 328 g/mol. The standard InChI is InChI=1S/C17H20N4O3/c1-24-13-4-2-11(3-5-13)14-10-15(20-19-14)17(23)21-8-6-12(7-9-21)16(18)22/h2-5,10,12H,6-9H2,1H3,(H2,18,22)(H,19,20). The highest BCUT2D eigenvalue weighted by atomic mass is 16.5. The maximum absolute atomic E-state index is 12.5. The summed E-state index contributed by atoms with van der Waals surface area (Å²) >= 11 is 0. The number of benzene rings is 1. The van der Waals surface area contributed by atoms with Gasteiger partial charge in [-0.1, -0.05) is 0 Å². The van der Waals surface area contributed by atoms with E-state index in [1.165, 1.54) is 0 Å². The minimum Gasteiger partial charge on any atom is -0.497 e. The highest BCUT2D eigenvalue weighted by molar-refractivity contribution is 5.93. The number of hydrogen-bond donors (Lipinski definition) is 2. The Balaban J connectivity index is 1.68. The predicted molar refractivity (Wildman–Crippen MR) is 88.4 cm³/mol. The summed E-state index contributed by atoms with van der Waals surface area (Å²) in [4.78, 5) is 25.5. The van der Waals surface area contributed by atoms with Gasteiger partial charge in [-0.15, -0.1) is 0 Å². The number of methoxy groups -OCH3 is 1. The molecule has 1 aromatic carbocycles. The van der Waals surface area contributed by atoms with Gasteiger partial charge in [-0.05, 0) is 43.2 Å². The van der Waals surface area contributed by atoms with Crippen molar-refractivity contribution in [1.82, 2.24) is 15.1 Å². The molecule has 0 saturated carbocycles. The average molecular weight is 328 g/mol. The number of aromatic amines is 1. The molecule has 7 nitrogen and oxygen atoms in total. The normalized spacial score (nSPS) is 15.3. The third-order valence-electron chi connectivity index (χ3n) is 4.38. The molecule has 2 aromatic rings. The first-order chi connectivity index (χ1) is 11.6. The van der Waals surface area contributed by atoms with Crippen LogP contribution in [0.2, 0.25) is 0 Å². The molecule has 3 rings (SSSR count). The number of rotatable bonds is 4. The van der Waals surface area contributed by atoms with Crippen molar-refractivity contribution in [2.75, 3.05) is 20.2 Å². The van der Waals surface area contributed by atoms with Crippen molar-refractivity contribution in [2.45, 2.75) is 12.8 Å². The van der Waals surface area contributed by atoms with Crippen molar-refractivity contribution in [2.24, 2.45) is 11.7 Å². The third kappa shape index (κ3) is 3.24. The second-order valence-corrected chi connectivity index (χ2v) is 5.86. The molecule has 1 fully saturated rings. The van der Waals surface area contributed by atoms with Crippen LogP contribution in [0.3, 0.4) is 0 Å².